The van der Waals surface area contributed by atoms with Crippen LogP contribution < -0.4 is 0 Å². The van der Waals surface area contributed by atoms with Crippen LogP contribution in [0.4, 0.5) is 9.18 Å². The molecular formula is C12H14FNO3. The maximum atomic E-state index is 12.8. The molecule has 2 atom stereocenters. The molecule has 0 radical (unpaired) electrons. The second-order valence-electron chi connectivity index (χ2n) is 4.26. The first-order chi connectivity index (χ1) is 8.11. The van der Waals surface area contributed by atoms with Crippen molar-refractivity contribution in [3.8, 4) is 0 Å². The zero-order valence-corrected chi connectivity index (χ0v) is 9.21. The van der Waals surface area contributed by atoms with Gasteiger partial charge in [0.15, 0.2) is 0 Å². The molecule has 0 saturated carbocycles. The van der Waals surface area contributed by atoms with Crippen LogP contribution in [0.2, 0.25) is 0 Å². The standard InChI is InChI=1S/C12H14FNO3/c13-10-3-1-8(2-4-10)9-5-11(7-15)14(6-9)12(16)17/h1-4,9,11,15H,5-7H2,(H,16,17)/t9-,11+/m1/s1. The fraction of sp³-hybridized carbons (Fsp3) is 0.417. The summed E-state index contributed by atoms with van der Waals surface area (Å²) in [5.74, 6) is -0.274. The van der Waals surface area contributed by atoms with E-state index in [1.165, 1.54) is 17.0 Å². The van der Waals surface area contributed by atoms with E-state index in [0.717, 1.165) is 5.56 Å². The Hall–Kier alpha value is -1.62. The van der Waals surface area contributed by atoms with Crippen molar-refractivity contribution in [3.05, 3.63) is 35.6 Å². The van der Waals surface area contributed by atoms with Crippen LogP contribution in [0.25, 0.3) is 0 Å². The first-order valence-electron chi connectivity index (χ1n) is 5.47. The lowest BCUT2D eigenvalue weighted by Crippen LogP contribution is -2.36. The van der Waals surface area contributed by atoms with E-state index in [-0.39, 0.29) is 24.4 Å². The number of likely N-dealkylation sites (tertiary alicyclic amines) is 1. The van der Waals surface area contributed by atoms with Crippen molar-refractivity contribution in [2.45, 2.75) is 18.4 Å². The minimum Gasteiger partial charge on any atom is -0.465 e. The van der Waals surface area contributed by atoms with Gasteiger partial charge in [0, 0.05) is 12.5 Å². The van der Waals surface area contributed by atoms with Gasteiger partial charge in [-0.05, 0) is 24.1 Å². The maximum Gasteiger partial charge on any atom is 0.407 e. The Morgan fingerprint density at radius 3 is 2.53 bits per heavy atom. The minimum atomic E-state index is -1.02. The molecule has 1 fully saturated rings. The number of hydrogen-bond donors (Lipinski definition) is 2. The summed E-state index contributed by atoms with van der Waals surface area (Å²) in [4.78, 5) is 12.2. The summed E-state index contributed by atoms with van der Waals surface area (Å²) < 4.78 is 12.8. The first kappa shape index (κ1) is 11.9. The van der Waals surface area contributed by atoms with E-state index < -0.39 is 6.09 Å². The highest BCUT2D eigenvalue weighted by molar-refractivity contribution is 5.66. The minimum absolute atomic E-state index is 0.0313. The third-order valence-corrected chi connectivity index (χ3v) is 3.21. The zero-order chi connectivity index (χ0) is 12.4. The lowest BCUT2D eigenvalue weighted by Gasteiger charge is -2.18. The molecule has 1 aromatic carbocycles. The highest BCUT2D eigenvalue weighted by atomic mass is 19.1. The molecule has 5 heteroatoms. The van der Waals surface area contributed by atoms with Crippen LogP contribution in [0.1, 0.15) is 17.9 Å². The Morgan fingerprint density at radius 2 is 2.06 bits per heavy atom. The molecule has 0 aliphatic carbocycles. The summed E-state index contributed by atoms with van der Waals surface area (Å²) in [6.07, 6.45) is -0.442. The van der Waals surface area contributed by atoms with E-state index in [9.17, 15) is 9.18 Å². The van der Waals surface area contributed by atoms with Crippen molar-refractivity contribution in [2.24, 2.45) is 0 Å². The molecule has 2 N–H and O–H groups in total. The third kappa shape index (κ3) is 2.39. The summed E-state index contributed by atoms with van der Waals surface area (Å²) >= 11 is 0. The van der Waals surface area contributed by atoms with Gasteiger partial charge in [0.05, 0.1) is 12.6 Å². The number of halogens is 1. The maximum absolute atomic E-state index is 12.8. The van der Waals surface area contributed by atoms with E-state index in [0.29, 0.717) is 13.0 Å². The molecule has 2 rings (SSSR count). The predicted octanol–water partition coefficient (Wildman–Crippen LogP) is 1.65. The highest BCUT2D eigenvalue weighted by Crippen LogP contribution is 2.31. The fourth-order valence-electron chi connectivity index (χ4n) is 2.30. The van der Waals surface area contributed by atoms with Gasteiger partial charge in [0.2, 0.25) is 0 Å². The van der Waals surface area contributed by atoms with E-state index >= 15 is 0 Å². The van der Waals surface area contributed by atoms with Gasteiger partial charge in [-0.2, -0.15) is 0 Å². The monoisotopic (exact) mass is 239 g/mol. The molecule has 1 aliphatic heterocycles. The number of carboxylic acid groups (broad SMARTS) is 1. The van der Waals surface area contributed by atoms with Gasteiger partial charge in [-0.1, -0.05) is 12.1 Å². The van der Waals surface area contributed by atoms with Crippen LogP contribution in [-0.4, -0.2) is 40.4 Å². The normalized spacial score (nSPS) is 24.0. The van der Waals surface area contributed by atoms with Gasteiger partial charge in [-0.25, -0.2) is 9.18 Å². The molecule has 0 unspecified atom stereocenters. The van der Waals surface area contributed by atoms with Crippen LogP contribution in [0.5, 0.6) is 0 Å². The molecule has 92 valence electrons. The predicted molar refractivity (Wildman–Crippen MR) is 59.4 cm³/mol. The molecule has 17 heavy (non-hydrogen) atoms. The summed E-state index contributed by atoms with van der Waals surface area (Å²) in [5.41, 5.74) is 0.911. The Balaban J connectivity index is 2.14. The van der Waals surface area contributed by atoms with Crippen molar-refractivity contribution in [1.82, 2.24) is 4.90 Å². The third-order valence-electron chi connectivity index (χ3n) is 3.21. The fourth-order valence-corrected chi connectivity index (χ4v) is 2.30. The molecule has 1 aromatic rings. The quantitative estimate of drug-likeness (QED) is 0.825. The molecule has 4 nitrogen and oxygen atoms in total. The van der Waals surface area contributed by atoms with E-state index in [1.54, 1.807) is 12.1 Å². The molecule has 0 bridgehead atoms. The van der Waals surface area contributed by atoms with Gasteiger partial charge >= 0.3 is 6.09 Å². The number of amides is 1. The largest absolute Gasteiger partial charge is 0.465 e. The molecule has 1 amide bonds. The topological polar surface area (TPSA) is 60.8 Å². The summed E-state index contributed by atoms with van der Waals surface area (Å²) in [7, 11) is 0. The zero-order valence-electron chi connectivity index (χ0n) is 9.21. The number of nitrogens with zero attached hydrogens (tertiary/aromatic N) is 1. The van der Waals surface area contributed by atoms with E-state index in [1.807, 2.05) is 0 Å². The van der Waals surface area contributed by atoms with Crippen molar-refractivity contribution in [2.75, 3.05) is 13.2 Å². The van der Waals surface area contributed by atoms with Crippen molar-refractivity contribution in [1.29, 1.82) is 0 Å². The average molecular weight is 239 g/mol. The summed E-state index contributed by atoms with van der Waals surface area (Å²) in [6, 6.07) is 5.71. The van der Waals surface area contributed by atoms with Gasteiger partial charge in [-0.3, -0.25) is 0 Å². The van der Waals surface area contributed by atoms with Gasteiger partial charge in [-0.15, -0.1) is 0 Å². The number of aliphatic hydroxyl groups excluding tert-OH is 1. The van der Waals surface area contributed by atoms with Gasteiger partial charge in [0.25, 0.3) is 0 Å². The SMILES string of the molecule is O=C(O)N1C[C@H](c2ccc(F)cc2)C[C@H]1CO. The van der Waals surface area contributed by atoms with Gasteiger partial charge < -0.3 is 15.1 Å². The molecule has 0 spiro atoms. The van der Waals surface area contributed by atoms with Crippen molar-refractivity contribution < 1.29 is 19.4 Å². The Labute approximate surface area is 98.3 Å². The summed E-state index contributed by atoms with van der Waals surface area (Å²) in [5, 5.41) is 18.1. The summed E-state index contributed by atoms with van der Waals surface area (Å²) in [6.45, 7) is 0.177. The Bertz CT molecular complexity index is 407. The number of rotatable bonds is 2. The van der Waals surface area contributed by atoms with E-state index in [4.69, 9.17) is 10.2 Å². The van der Waals surface area contributed by atoms with E-state index in [2.05, 4.69) is 0 Å². The highest BCUT2D eigenvalue weighted by Gasteiger charge is 2.35. The number of hydrogen-bond acceptors (Lipinski definition) is 2. The average Bonchev–Trinajstić information content (AvgIpc) is 2.74. The number of carbonyl (C=O) groups is 1. The molecule has 1 heterocycles. The number of benzene rings is 1. The van der Waals surface area contributed by atoms with Crippen molar-refractivity contribution in [3.63, 3.8) is 0 Å². The molecule has 0 aromatic heterocycles. The molecule has 1 aliphatic rings. The Morgan fingerprint density at radius 1 is 1.41 bits per heavy atom. The van der Waals surface area contributed by atoms with Crippen LogP contribution in [-0.2, 0) is 0 Å². The molecular weight excluding hydrogens is 225 g/mol. The lowest BCUT2D eigenvalue weighted by molar-refractivity contribution is 0.118. The number of aliphatic hydroxyl groups is 1. The van der Waals surface area contributed by atoms with Crippen LogP contribution in [0, 0.1) is 5.82 Å². The van der Waals surface area contributed by atoms with Crippen LogP contribution in [0.15, 0.2) is 24.3 Å². The smallest absolute Gasteiger partial charge is 0.407 e. The second kappa shape index (κ2) is 4.71. The first-order valence-corrected chi connectivity index (χ1v) is 5.47. The lowest BCUT2D eigenvalue weighted by atomic mass is 9.96. The van der Waals surface area contributed by atoms with Crippen molar-refractivity contribution >= 4 is 6.09 Å². The van der Waals surface area contributed by atoms with Crippen LogP contribution in [0.3, 0.4) is 0 Å². The Kier molecular flexibility index (Phi) is 3.28. The van der Waals surface area contributed by atoms with Crippen LogP contribution >= 0.6 is 0 Å². The van der Waals surface area contributed by atoms with Gasteiger partial charge in [0.1, 0.15) is 5.82 Å². The second-order valence-corrected chi connectivity index (χ2v) is 4.26. The molecule has 1 saturated heterocycles.